The minimum atomic E-state index is -0.925. The predicted octanol–water partition coefficient (Wildman–Crippen LogP) is 3.70. The molecule has 0 radical (unpaired) electrons. The lowest BCUT2D eigenvalue weighted by molar-refractivity contribution is -0.401. The number of benzene rings is 2. The second-order valence-corrected chi connectivity index (χ2v) is 5.13. The lowest BCUT2D eigenvalue weighted by Gasteiger charge is -2.10. The summed E-state index contributed by atoms with van der Waals surface area (Å²) in [6, 6.07) is 9.59. The van der Waals surface area contributed by atoms with Gasteiger partial charge in [0.15, 0.2) is 5.69 Å². The number of nitrogens with one attached hydrogen (secondary N) is 1. The number of nitro groups is 3. The third-order valence-corrected chi connectivity index (χ3v) is 3.59. The molecule has 2 aromatic carbocycles. The monoisotopic (exact) mass is 355 g/mol. The molecule has 0 aliphatic carbocycles. The fourth-order valence-corrected chi connectivity index (χ4v) is 2.47. The Morgan fingerprint density at radius 1 is 0.846 bits per heavy atom. The molecule has 1 N–H and O–H groups in total. The Morgan fingerprint density at radius 2 is 1.50 bits per heavy atom. The van der Waals surface area contributed by atoms with Crippen molar-refractivity contribution in [2.24, 2.45) is 0 Å². The molecule has 0 saturated heterocycles. The van der Waals surface area contributed by atoms with Gasteiger partial charge in [0, 0.05) is 17.3 Å². The van der Waals surface area contributed by atoms with Crippen molar-refractivity contribution in [3.8, 4) is 0 Å². The summed E-state index contributed by atoms with van der Waals surface area (Å²) in [5.41, 5.74) is -1.81. The molecule has 0 saturated carbocycles. The van der Waals surface area contributed by atoms with Crippen molar-refractivity contribution in [3.63, 3.8) is 0 Å². The highest BCUT2D eigenvalue weighted by Gasteiger charge is 2.31. The van der Waals surface area contributed by atoms with Crippen LogP contribution in [0, 0.1) is 30.3 Å². The van der Waals surface area contributed by atoms with Crippen LogP contribution < -0.4 is 5.32 Å². The maximum Gasteiger partial charge on any atom is 0.306 e. The van der Waals surface area contributed by atoms with Crippen LogP contribution in [0.4, 0.5) is 28.4 Å². The topological polar surface area (TPSA) is 154 Å². The number of rotatable bonds is 5. The molecular formula is C15H9N5O6. The van der Waals surface area contributed by atoms with Gasteiger partial charge in [-0.15, -0.1) is 0 Å². The van der Waals surface area contributed by atoms with Gasteiger partial charge in [0.05, 0.1) is 32.4 Å². The molecule has 0 aliphatic rings. The summed E-state index contributed by atoms with van der Waals surface area (Å²) >= 11 is 0. The zero-order valence-corrected chi connectivity index (χ0v) is 12.9. The zero-order chi connectivity index (χ0) is 18.8. The van der Waals surface area contributed by atoms with Gasteiger partial charge in [0.1, 0.15) is 0 Å². The van der Waals surface area contributed by atoms with E-state index in [0.29, 0.717) is 28.7 Å². The van der Waals surface area contributed by atoms with Crippen molar-refractivity contribution >= 4 is 39.3 Å². The SMILES string of the molecule is O=[N+]([O-])c1cc([N+](=O)[O-])c(Nc2cccc3ncccc23)c([N+](=O)[O-])c1. The van der Waals surface area contributed by atoms with Crippen LogP contribution >= 0.6 is 0 Å². The third-order valence-electron chi connectivity index (χ3n) is 3.59. The fraction of sp³-hybridized carbons (Fsp3) is 0. The molecule has 0 spiro atoms. The van der Waals surface area contributed by atoms with E-state index in [1.807, 2.05) is 0 Å². The van der Waals surface area contributed by atoms with Crippen LogP contribution in [0.25, 0.3) is 10.9 Å². The molecular weight excluding hydrogens is 346 g/mol. The van der Waals surface area contributed by atoms with E-state index in [-0.39, 0.29) is 0 Å². The van der Waals surface area contributed by atoms with Crippen molar-refractivity contribution in [3.05, 3.63) is 79.0 Å². The van der Waals surface area contributed by atoms with Crippen LogP contribution in [-0.4, -0.2) is 19.8 Å². The van der Waals surface area contributed by atoms with Crippen molar-refractivity contribution in [2.75, 3.05) is 5.32 Å². The first-order chi connectivity index (χ1) is 12.4. The lowest BCUT2D eigenvalue weighted by atomic mass is 10.1. The third kappa shape index (κ3) is 2.96. The maximum absolute atomic E-state index is 11.3. The fourth-order valence-electron chi connectivity index (χ4n) is 2.47. The Hall–Kier alpha value is -4.15. The van der Waals surface area contributed by atoms with Gasteiger partial charge in [-0.25, -0.2) is 0 Å². The first kappa shape index (κ1) is 16.7. The van der Waals surface area contributed by atoms with Crippen molar-refractivity contribution < 1.29 is 14.8 Å². The van der Waals surface area contributed by atoms with E-state index in [9.17, 15) is 30.3 Å². The Kier molecular flexibility index (Phi) is 4.11. The van der Waals surface area contributed by atoms with Crippen molar-refractivity contribution in [2.45, 2.75) is 0 Å². The Morgan fingerprint density at radius 3 is 2.08 bits per heavy atom. The second-order valence-electron chi connectivity index (χ2n) is 5.13. The summed E-state index contributed by atoms with van der Waals surface area (Å²) in [7, 11) is 0. The van der Waals surface area contributed by atoms with Gasteiger partial charge in [-0.3, -0.25) is 35.3 Å². The van der Waals surface area contributed by atoms with Gasteiger partial charge in [-0.2, -0.15) is 0 Å². The van der Waals surface area contributed by atoms with Gasteiger partial charge in [-0.05, 0) is 24.3 Å². The van der Waals surface area contributed by atoms with E-state index in [4.69, 9.17) is 0 Å². The molecule has 0 fully saturated rings. The number of aromatic nitrogens is 1. The number of non-ortho nitro benzene ring substituents is 1. The lowest BCUT2D eigenvalue weighted by Crippen LogP contribution is -2.04. The molecule has 0 bridgehead atoms. The van der Waals surface area contributed by atoms with Crippen LogP contribution in [0.1, 0.15) is 0 Å². The molecule has 3 rings (SSSR count). The molecule has 0 amide bonds. The summed E-state index contributed by atoms with van der Waals surface area (Å²) < 4.78 is 0. The summed E-state index contributed by atoms with van der Waals surface area (Å²) in [6.45, 7) is 0. The van der Waals surface area contributed by atoms with E-state index in [1.165, 1.54) is 0 Å². The molecule has 130 valence electrons. The molecule has 0 aliphatic heterocycles. The van der Waals surface area contributed by atoms with Crippen LogP contribution in [0.5, 0.6) is 0 Å². The average Bonchev–Trinajstić information content (AvgIpc) is 2.61. The first-order valence-electron chi connectivity index (χ1n) is 7.10. The van der Waals surface area contributed by atoms with Crippen LogP contribution in [-0.2, 0) is 0 Å². The molecule has 11 heteroatoms. The molecule has 0 atom stereocenters. The first-order valence-corrected chi connectivity index (χ1v) is 7.10. The quantitative estimate of drug-likeness (QED) is 0.536. The highest BCUT2D eigenvalue weighted by Crippen LogP contribution is 2.40. The van der Waals surface area contributed by atoms with Crippen LogP contribution in [0.3, 0.4) is 0 Å². The standard InChI is InChI=1S/C15H9N5O6/c21-18(22)9-7-13(19(23)24)15(14(8-9)20(25)26)17-12-5-1-4-11-10(12)3-2-6-16-11/h1-8,17H. The van der Waals surface area contributed by atoms with E-state index in [0.717, 1.165) is 0 Å². The molecule has 3 aromatic rings. The molecule has 1 aromatic heterocycles. The van der Waals surface area contributed by atoms with E-state index in [1.54, 1.807) is 36.5 Å². The van der Waals surface area contributed by atoms with Gasteiger partial charge in [-0.1, -0.05) is 6.07 Å². The van der Waals surface area contributed by atoms with E-state index >= 15 is 0 Å². The van der Waals surface area contributed by atoms with E-state index in [2.05, 4.69) is 10.3 Å². The maximum atomic E-state index is 11.3. The summed E-state index contributed by atoms with van der Waals surface area (Å²) in [5.74, 6) is 0. The predicted molar refractivity (Wildman–Crippen MR) is 91.4 cm³/mol. The number of fused-ring (bicyclic) bond motifs is 1. The minimum absolute atomic E-state index is 0.343. The van der Waals surface area contributed by atoms with Crippen LogP contribution in [0.2, 0.25) is 0 Å². The zero-order valence-electron chi connectivity index (χ0n) is 12.9. The van der Waals surface area contributed by atoms with Gasteiger partial charge >= 0.3 is 11.4 Å². The molecule has 26 heavy (non-hydrogen) atoms. The van der Waals surface area contributed by atoms with Gasteiger partial charge in [0.2, 0.25) is 0 Å². The van der Waals surface area contributed by atoms with Gasteiger partial charge in [0.25, 0.3) is 5.69 Å². The molecule has 1 heterocycles. The van der Waals surface area contributed by atoms with Gasteiger partial charge < -0.3 is 5.32 Å². The summed E-state index contributed by atoms with van der Waals surface area (Å²) in [5, 5.41) is 36.8. The Bertz CT molecular complexity index is 1030. The average molecular weight is 355 g/mol. The smallest absolute Gasteiger partial charge is 0.306 e. The molecule has 11 nitrogen and oxygen atoms in total. The Labute approximate surface area is 144 Å². The second kappa shape index (κ2) is 6.39. The Balaban J connectivity index is 2.24. The largest absolute Gasteiger partial charge is 0.344 e. The highest BCUT2D eigenvalue weighted by atomic mass is 16.6. The summed E-state index contributed by atoms with van der Waals surface area (Å²) in [6.07, 6.45) is 1.56. The number of anilines is 2. The van der Waals surface area contributed by atoms with Crippen molar-refractivity contribution in [1.82, 2.24) is 4.98 Å². The number of nitrogens with zero attached hydrogens (tertiary/aromatic N) is 4. The van der Waals surface area contributed by atoms with E-state index < -0.39 is 37.5 Å². The summed E-state index contributed by atoms with van der Waals surface area (Å²) in [4.78, 5) is 35.0. The normalized spacial score (nSPS) is 10.5. The molecule has 0 unspecified atom stereocenters. The number of hydrogen-bond donors (Lipinski definition) is 1. The van der Waals surface area contributed by atoms with Crippen LogP contribution in [0.15, 0.2) is 48.7 Å². The highest BCUT2D eigenvalue weighted by molar-refractivity contribution is 5.95. The number of pyridine rings is 1. The number of nitro benzene ring substituents is 3. The van der Waals surface area contributed by atoms with Crippen molar-refractivity contribution in [1.29, 1.82) is 0 Å². The minimum Gasteiger partial charge on any atom is -0.344 e. The number of hydrogen-bond acceptors (Lipinski definition) is 8.